The van der Waals surface area contributed by atoms with Gasteiger partial charge in [-0.05, 0) is 11.1 Å². The molecule has 5 N–H and O–H groups in total. The highest BCUT2D eigenvalue weighted by molar-refractivity contribution is 5.83. The Balaban J connectivity index is 1.36. The number of nitrogens with one attached hydrogen (secondary N) is 3. The van der Waals surface area contributed by atoms with Gasteiger partial charge in [0.05, 0.1) is 0 Å². The van der Waals surface area contributed by atoms with Crippen molar-refractivity contribution in [2.75, 3.05) is 39.3 Å². The molecule has 1 aliphatic rings. The van der Waals surface area contributed by atoms with Gasteiger partial charge in [0.1, 0.15) is 12.1 Å². The van der Waals surface area contributed by atoms with E-state index in [9.17, 15) is 29.4 Å². The molecule has 1 fully saturated rings. The molecule has 2 atom stereocenters. The summed E-state index contributed by atoms with van der Waals surface area (Å²) in [5.74, 6) is -2.20. The van der Waals surface area contributed by atoms with Crippen LogP contribution in [0, 0.1) is 0 Å². The maximum atomic E-state index is 12.6. The highest BCUT2D eigenvalue weighted by Crippen LogP contribution is 2.07. The van der Waals surface area contributed by atoms with E-state index in [4.69, 9.17) is 0 Å². The molecule has 0 radical (unpaired) electrons. The second kappa shape index (κ2) is 13.8. The molecule has 4 amide bonds. The number of aliphatic carboxylic acids is 2. The van der Waals surface area contributed by atoms with Gasteiger partial charge in [0.15, 0.2) is 0 Å². The summed E-state index contributed by atoms with van der Waals surface area (Å²) in [6, 6.07) is 15.2. The Hall–Kier alpha value is -4.12. The van der Waals surface area contributed by atoms with E-state index in [1.54, 1.807) is 17.0 Å². The number of carbonyl (C=O) groups excluding carboxylic acids is 2. The van der Waals surface area contributed by atoms with Gasteiger partial charge in [0, 0.05) is 52.1 Å². The quantitative estimate of drug-likeness (QED) is 0.302. The number of carbonyl (C=O) groups is 4. The van der Waals surface area contributed by atoms with Crippen LogP contribution in [0.2, 0.25) is 0 Å². The van der Waals surface area contributed by atoms with Crippen LogP contribution in [0.1, 0.15) is 11.1 Å². The first-order chi connectivity index (χ1) is 17.8. The van der Waals surface area contributed by atoms with Crippen molar-refractivity contribution in [2.45, 2.75) is 24.9 Å². The van der Waals surface area contributed by atoms with Gasteiger partial charge in [0.25, 0.3) is 0 Å². The Kier molecular flexibility index (Phi) is 10.3. The van der Waals surface area contributed by atoms with Crippen molar-refractivity contribution in [3.63, 3.8) is 0 Å². The standard InChI is InChI=1S/C26H33N5O6/c32-23(33)21(17-19-7-3-1-4-8-19)28-25(36)27-11-12-30-13-15-31(16-14-30)26(37)29-22(24(34)35)18-20-9-5-2-6-10-20/h1-10,21-22H,11-18H2,(H,29,37)(H,32,33)(H,34,35)(H2,27,28,36). The van der Waals surface area contributed by atoms with E-state index in [1.165, 1.54) is 0 Å². The highest BCUT2D eigenvalue weighted by Gasteiger charge is 2.26. The Morgan fingerprint density at radius 3 is 1.70 bits per heavy atom. The molecule has 0 saturated carbocycles. The monoisotopic (exact) mass is 511 g/mol. The zero-order chi connectivity index (χ0) is 26.6. The molecule has 0 aromatic heterocycles. The fourth-order valence-electron chi connectivity index (χ4n) is 4.05. The number of urea groups is 2. The van der Waals surface area contributed by atoms with Gasteiger partial charge in [0.2, 0.25) is 0 Å². The number of rotatable bonds is 11. The molecule has 11 nitrogen and oxygen atoms in total. The number of nitrogens with zero attached hydrogens (tertiary/aromatic N) is 2. The zero-order valence-electron chi connectivity index (χ0n) is 20.5. The number of carboxylic acids is 2. The SMILES string of the molecule is O=C(NCCN1CCN(C(=O)NC(Cc2ccccc2)C(=O)O)CC1)NC(Cc1ccccc1)C(=O)O. The summed E-state index contributed by atoms with van der Waals surface area (Å²) in [4.78, 5) is 51.6. The van der Waals surface area contributed by atoms with Gasteiger partial charge in [-0.15, -0.1) is 0 Å². The van der Waals surface area contributed by atoms with Gasteiger partial charge >= 0.3 is 24.0 Å². The largest absolute Gasteiger partial charge is 0.480 e. The number of carboxylic acid groups (broad SMARTS) is 2. The van der Waals surface area contributed by atoms with Crippen LogP contribution in [0.3, 0.4) is 0 Å². The minimum atomic E-state index is -1.11. The number of amides is 4. The lowest BCUT2D eigenvalue weighted by Crippen LogP contribution is -2.56. The third-order valence-corrected chi connectivity index (χ3v) is 6.14. The molecule has 0 bridgehead atoms. The van der Waals surface area contributed by atoms with Gasteiger partial charge in [-0.3, -0.25) is 4.90 Å². The molecule has 3 rings (SSSR count). The molecule has 37 heavy (non-hydrogen) atoms. The molecule has 1 heterocycles. The van der Waals surface area contributed by atoms with Gasteiger partial charge in [-0.2, -0.15) is 0 Å². The van der Waals surface area contributed by atoms with Crippen LogP contribution >= 0.6 is 0 Å². The molecule has 198 valence electrons. The summed E-state index contributed by atoms with van der Waals surface area (Å²) >= 11 is 0. The lowest BCUT2D eigenvalue weighted by atomic mass is 10.1. The Morgan fingerprint density at radius 2 is 1.22 bits per heavy atom. The second-order valence-electron chi connectivity index (χ2n) is 8.84. The first kappa shape index (κ1) is 27.5. The van der Waals surface area contributed by atoms with E-state index in [0.717, 1.165) is 11.1 Å². The van der Waals surface area contributed by atoms with Crippen molar-refractivity contribution in [3.8, 4) is 0 Å². The summed E-state index contributed by atoms with van der Waals surface area (Å²) in [7, 11) is 0. The number of hydrogen-bond acceptors (Lipinski definition) is 5. The lowest BCUT2D eigenvalue weighted by molar-refractivity contribution is -0.140. The van der Waals surface area contributed by atoms with E-state index < -0.39 is 36.1 Å². The third-order valence-electron chi connectivity index (χ3n) is 6.14. The Morgan fingerprint density at radius 1 is 0.730 bits per heavy atom. The first-order valence-corrected chi connectivity index (χ1v) is 12.2. The van der Waals surface area contributed by atoms with Gasteiger partial charge in [-0.1, -0.05) is 60.7 Å². The van der Waals surface area contributed by atoms with E-state index >= 15 is 0 Å². The molecule has 0 aliphatic carbocycles. The summed E-state index contributed by atoms with van der Waals surface area (Å²) < 4.78 is 0. The maximum Gasteiger partial charge on any atom is 0.326 e. The summed E-state index contributed by atoms with van der Waals surface area (Å²) in [5.41, 5.74) is 1.64. The fraction of sp³-hybridized carbons (Fsp3) is 0.385. The molecule has 11 heteroatoms. The predicted octanol–water partition coefficient (Wildman–Crippen LogP) is 1.00. The lowest BCUT2D eigenvalue weighted by Gasteiger charge is -2.35. The molecule has 2 unspecified atom stereocenters. The first-order valence-electron chi connectivity index (χ1n) is 12.2. The summed E-state index contributed by atoms with van der Waals surface area (Å²) in [6.07, 6.45) is 0.380. The van der Waals surface area contributed by atoms with Crippen LogP contribution in [-0.4, -0.2) is 95.4 Å². The minimum Gasteiger partial charge on any atom is -0.480 e. The van der Waals surface area contributed by atoms with Crippen LogP contribution in [0.15, 0.2) is 60.7 Å². The van der Waals surface area contributed by atoms with Crippen molar-refractivity contribution in [1.29, 1.82) is 0 Å². The topological polar surface area (TPSA) is 151 Å². The van der Waals surface area contributed by atoms with E-state index in [-0.39, 0.29) is 12.8 Å². The molecular weight excluding hydrogens is 478 g/mol. The Bertz CT molecular complexity index is 1040. The number of piperazine rings is 1. The smallest absolute Gasteiger partial charge is 0.326 e. The molecule has 0 spiro atoms. The van der Waals surface area contributed by atoms with Crippen molar-refractivity contribution >= 4 is 24.0 Å². The average molecular weight is 512 g/mol. The van der Waals surface area contributed by atoms with Crippen molar-refractivity contribution in [1.82, 2.24) is 25.8 Å². The average Bonchev–Trinajstić information content (AvgIpc) is 2.89. The van der Waals surface area contributed by atoms with Crippen LogP contribution in [0.4, 0.5) is 9.59 Å². The Labute approximate surface area is 215 Å². The number of hydrogen-bond donors (Lipinski definition) is 5. The molecular formula is C26H33N5O6. The minimum absolute atomic E-state index is 0.182. The third kappa shape index (κ3) is 9.12. The molecule has 1 saturated heterocycles. The summed E-state index contributed by atoms with van der Waals surface area (Å²) in [6.45, 7) is 2.83. The molecule has 1 aliphatic heterocycles. The molecule has 2 aromatic rings. The van der Waals surface area contributed by atoms with Crippen LogP contribution in [-0.2, 0) is 22.4 Å². The van der Waals surface area contributed by atoms with Crippen molar-refractivity contribution in [2.24, 2.45) is 0 Å². The van der Waals surface area contributed by atoms with Crippen LogP contribution < -0.4 is 16.0 Å². The van der Waals surface area contributed by atoms with Gasteiger partial charge < -0.3 is 31.1 Å². The van der Waals surface area contributed by atoms with Crippen LogP contribution in [0.5, 0.6) is 0 Å². The van der Waals surface area contributed by atoms with E-state index in [0.29, 0.717) is 39.3 Å². The van der Waals surface area contributed by atoms with Crippen molar-refractivity contribution in [3.05, 3.63) is 71.8 Å². The van der Waals surface area contributed by atoms with Gasteiger partial charge in [-0.25, -0.2) is 19.2 Å². The molecule has 2 aromatic carbocycles. The highest BCUT2D eigenvalue weighted by atomic mass is 16.4. The summed E-state index contributed by atoms with van der Waals surface area (Å²) in [5, 5.41) is 26.7. The van der Waals surface area contributed by atoms with E-state index in [1.807, 2.05) is 48.5 Å². The predicted molar refractivity (Wildman–Crippen MR) is 136 cm³/mol. The second-order valence-corrected chi connectivity index (χ2v) is 8.84. The zero-order valence-corrected chi connectivity index (χ0v) is 20.5. The van der Waals surface area contributed by atoms with Crippen LogP contribution in [0.25, 0.3) is 0 Å². The maximum absolute atomic E-state index is 12.6. The number of benzene rings is 2. The normalized spacial score (nSPS) is 15.3. The van der Waals surface area contributed by atoms with Crippen molar-refractivity contribution < 1.29 is 29.4 Å². The van der Waals surface area contributed by atoms with E-state index in [2.05, 4.69) is 20.9 Å². The fourth-order valence-corrected chi connectivity index (χ4v) is 4.05.